The van der Waals surface area contributed by atoms with Crippen molar-refractivity contribution in [3.05, 3.63) is 59.5 Å². The molecule has 108 valence electrons. The Balaban J connectivity index is 1.91. The Kier molecular flexibility index (Phi) is 6.22. The fourth-order valence-corrected chi connectivity index (χ4v) is 3.21. The molecule has 0 aliphatic carbocycles. The summed E-state index contributed by atoms with van der Waals surface area (Å²) in [6.45, 7) is 5.34. The van der Waals surface area contributed by atoms with Crippen LogP contribution in [0.4, 0.5) is 0 Å². The predicted octanol–water partition coefficient (Wildman–Crippen LogP) is 4.43. The van der Waals surface area contributed by atoms with Crippen molar-refractivity contribution in [2.45, 2.75) is 32.1 Å². The summed E-state index contributed by atoms with van der Waals surface area (Å²) in [5.41, 5.74) is 2.77. The second-order valence-corrected chi connectivity index (χ2v) is 5.83. The second kappa shape index (κ2) is 8.18. The number of hydrogen-bond acceptors (Lipinski definition) is 3. The molecule has 20 heavy (non-hydrogen) atoms. The maximum absolute atomic E-state index is 5.37. The van der Waals surface area contributed by atoms with Crippen molar-refractivity contribution < 1.29 is 4.42 Å². The van der Waals surface area contributed by atoms with Crippen LogP contribution in [0.1, 0.15) is 36.8 Å². The van der Waals surface area contributed by atoms with Gasteiger partial charge in [0.15, 0.2) is 0 Å². The van der Waals surface area contributed by atoms with Gasteiger partial charge in [0.2, 0.25) is 0 Å². The standard InChI is InChI=1S/C17H23NOS/c1-3-14-7-9-15(10-8-14)17(18-4-2)13-20-12-16-6-5-11-19-16/h5-11,17-18H,3-4,12-13H2,1-2H3. The van der Waals surface area contributed by atoms with Crippen molar-refractivity contribution in [2.75, 3.05) is 12.3 Å². The summed E-state index contributed by atoms with van der Waals surface area (Å²) in [5.74, 6) is 3.04. The summed E-state index contributed by atoms with van der Waals surface area (Å²) in [4.78, 5) is 0. The molecule has 0 radical (unpaired) electrons. The van der Waals surface area contributed by atoms with Gasteiger partial charge in [0.25, 0.3) is 0 Å². The average Bonchev–Trinajstić information content (AvgIpc) is 3.00. The van der Waals surface area contributed by atoms with E-state index in [1.165, 1.54) is 11.1 Å². The number of furan rings is 1. The van der Waals surface area contributed by atoms with Crippen LogP contribution in [0.2, 0.25) is 0 Å². The smallest absolute Gasteiger partial charge is 0.113 e. The van der Waals surface area contributed by atoms with Crippen molar-refractivity contribution in [1.82, 2.24) is 5.32 Å². The van der Waals surface area contributed by atoms with Crippen molar-refractivity contribution in [2.24, 2.45) is 0 Å². The molecule has 0 saturated carbocycles. The quantitative estimate of drug-likeness (QED) is 0.778. The van der Waals surface area contributed by atoms with Gasteiger partial charge in [-0.2, -0.15) is 11.8 Å². The normalized spacial score (nSPS) is 12.5. The molecule has 0 aliphatic heterocycles. The van der Waals surface area contributed by atoms with Crippen LogP contribution in [0.15, 0.2) is 47.1 Å². The van der Waals surface area contributed by atoms with E-state index in [0.29, 0.717) is 6.04 Å². The van der Waals surface area contributed by atoms with Crippen LogP contribution in [0, 0.1) is 0 Å². The van der Waals surface area contributed by atoms with E-state index in [4.69, 9.17) is 4.42 Å². The summed E-state index contributed by atoms with van der Waals surface area (Å²) in [7, 11) is 0. The third-order valence-corrected chi connectivity index (χ3v) is 4.41. The third-order valence-electron chi connectivity index (χ3n) is 3.35. The van der Waals surface area contributed by atoms with Gasteiger partial charge in [-0.3, -0.25) is 0 Å². The van der Waals surface area contributed by atoms with Gasteiger partial charge in [-0.15, -0.1) is 0 Å². The average molecular weight is 289 g/mol. The largest absolute Gasteiger partial charge is 0.468 e. The van der Waals surface area contributed by atoms with Gasteiger partial charge in [0.1, 0.15) is 5.76 Å². The van der Waals surface area contributed by atoms with Crippen LogP contribution in [0.3, 0.4) is 0 Å². The number of rotatable bonds is 8. The molecule has 0 bridgehead atoms. The number of hydrogen-bond donors (Lipinski definition) is 1. The number of nitrogens with one attached hydrogen (secondary N) is 1. The van der Waals surface area contributed by atoms with Crippen LogP contribution < -0.4 is 5.32 Å². The molecule has 1 N–H and O–H groups in total. The summed E-state index contributed by atoms with van der Waals surface area (Å²) < 4.78 is 5.37. The topological polar surface area (TPSA) is 25.2 Å². The lowest BCUT2D eigenvalue weighted by Gasteiger charge is -2.18. The zero-order valence-corrected chi connectivity index (χ0v) is 13.1. The highest BCUT2D eigenvalue weighted by atomic mass is 32.2. The summed E-state index contributed by atoms with van der Waals surface area (Å²) in [6.07, 6.45) is 2.83. The van der Waals surface area contributed by atoms with Crippen molar-refractivity contribution >= 4 is 11.8 Å². The molecule has 1 atom stereocenters. The molecular formula is C17H23NOS. The Bertz CT molecular complexity index is 478. The lowest BCUT2D eigenvalue weighted by Crippen LogP contribution is -2.23. The van der Waals surface area contributed by atoms with E-state index in [0.717, 1.165) is 30.2 Å². The van der Waals surface area contributed by atoms with Crippen molar-refractivity contribution in [3.63, 3.8) is 0 Å². The highest BCUT2D eigenvalue weighted by molar-refractivity contribution is 7.98. The maximum Gasteiger partial charge on any atom is 0.113 e. The zero-order chi connectivity index (χ0) is 14.2. The van der Waals surface area contributed by atoms with E-state index >= 15 is 0 Å². The minimum Gasteiger partial charge on any atom is -0.468 e. The first-order valence-electron chi connectivity index (χ1n) is 7.25. The Labute approximate surface area is 126 Å². The van der Waals surface area contributed by atoms with Crippen LogP contribution in [-0.4, -0.2) is 12.3 Å². The van der Waals surface area contributed by atoms with Crippen LogP contribution in [-0.2, 0) is 12.2 Å². The number of thioether (sulfide) groups is 1. The molecule has 1 aromatic heterocycles. The highest BCUT2D eigenvalue weighted by Crippen LogP contribution is 2.22. The summed E-state index contributed by atoms with van der Waals surface area (Å²) >= 11 is 1.91. The number of benzene rings is 1. The maximum atomic E-state index is 5.37. The summed E-state index contributed by atoms with van der Waals surface area (Å²) in [5, 5.41) is 3.57. The predicted molar refractivity (Wildman–Crippen MR) is 87.1 cm³/mol. The molecule has 0 aliphatic rings. The fourth-order valence-electron chi connectivity index (χ4n) is 2.18. The third kappa shape index (κ3) is 4.43. The first-order valence-corrected chi connectivity index (χ1v) is 8.41. The Morgan fingerprint density at radius 2 is 1.95 bits per heavy atom. The van der Waals surface area contributed by atoms with Gasteiger partial charge in [-0.25, -0.2) is 0 Å². The summed E-state index contributed by atoms with van der Waals surface area (Å²) in [6, 6.07) is 13.4. The van der Waals surface area contributed by atoms with Gasteiger partial charge < -0.3 is 9.73 Å². The monoisotopic (exact) mass is 289 g/mol. The van der Waals surface area contributed by atoms with E-state index in [-0.39, 0.29) is 0 Å². The molecule has 2 aromatic rings. The van der Waals surface area contributed by atoms with Crippen LogP contribution in [0.25, 0.3) is 0 Å². The minimum atomic E-state index is 0.408. The SMILES string of the molecule is CCNC(CSCc1ccco1)c1ccc(CC)cc1. The lowest BCUT2D eigenvalue weighted by atomic mass is 10.1. The van der Waals surface area contributed by atoms with E-state index in [2.05, 4.69) is 43.4 Å². The van der Waals surface area contributed by atoms with Crippen molar-refractivity contribution in [1.29, 1.82) is 0 Å². The second-order valence-electron chi connectivity index (χ2n) is 4.80. The van der Waals surface area contributed by atoms with Crippen molar-refractivity contribution in [3.8, 4) is 0 Å². The molecule has 1 aromatic carbocycles. The molecule has 0 saturated heterocycles. The van der Waals surface area contributed by atoms with Gasteiger partial charge in [0.05, 0.1) is 12.0 Å². The molecule has 2 nitrogen and oxygen atoms in total. The first kappa shape index (κ1) is 15.2. The van der Waals surface area contributed by atoms with Crippen LogP contribution >= 0.6 is 11.8 Å². The van der Waals surface area contributed by atoms with Gasteiger partial charge in [-0.05, 0) is 36.2 Å². The first-order chi connectivity index (χ1) is 9.83. The van der Waals surface area contributed by atoms with E-state index < -0.39 is 0 Å². The van der Waals surface area contributed by atoms with Gasteiger partial charge >= 0.3 is 0 Å². The molecule has 0 amide bonds. The molecule has 1 unspecified atom stereocenters. The minimum absolute atomic E-state index is 0.408. The highest BCUT2D eigenvalue weighted by Gasteiger charge is 2.10. The van der Waals surface area contributed by atoms with Gasteiger partial charge in [0, 0.05) is 11.8 Å². The van der Waals surface area contributed by atoms with E-state index in [1.807, 2.05) is 23.9 Å². The molecule has 0 spiro atoms. The van der Waals surface area contributed by atoms with Crippen LogP contribution in [0.5, 0.6) is 0 Å². The molecular weight excluding hydrogens is 266 g/mol. The lowest BCUT2D eigenvalue weighted by molar-refractivity contribution is 0.530. The molecule has 2 rings (SSSR count). The fraction of sp³-hybridized carbons (Fsp3) is 0.412. The molecule has 1 heterocycles. The van der Waals surface area contributed by atoms with E-state index in [9.17, 15) is 0 Å². The number of aryl methyl sites for hydroxylation is 1. The molecule has 3 heteroatoms. The van der Waals surface area contributed by atoms with Gasteiger partial charge in [-0.1, -0.05) is 38.1 Å². The Morgan fingerprint density at radius 3 is 2.55 bits per heavy atom. The molecule has 0 fully saturated rings. The Morgan fingerprint density at radius 1 is 1.15 bits per heavy atom. The van der Waals surface area contributed by atoms with E-state index in [1.54, 1.807) is 6.26 Å². The Hall–Kier alpha value is -1.19. The zero-order valence-electron chi connectivity index (χ0n) is 12.3.